The number of fused-ring (bicyclic) bond motifs is 1. The molecule has 152 valence electrons. The number of aryl methyl sites for hydroxylation is 1. The van der Waals surface area contributed by atoms with Crippen molar-refractivity contribution in [3.63, 3.8) is 0 Å². The smallest absolute Gasteiger partial charge is 0.271 e. The molecule has 1 aliphatic heterocycles. The Labute approximate surface area is 180 Å². The lowest BCUT2D eigenvalue weighted by molar-refractivity contribution is 0.0938. The first-order valence-electron chi connectivity index (χ1n) is 9.50. The summed E-state index contributed by atoms with van der Waals surface area (Å²) in [6.45, 7) is 1.29. The first-order valence-corrected chi connectivity index (χ1v) is 10.4. The zero-order valence-electron chi connectivity index (χ0n) is 16.0. The van der Waals surface area contributed by atoms with Crippen molar-refractivity contribution in [1.29, 1.82) is 0 Å². The van der Waals surface area contributed by atoms with E-state index in [0.717, 1.165) is 41.3 Å². The third-order valence-corrected chi connectivity index (χ3v) is 5.73. The molecule has 1 atom stereocenters. The number of benzene rings is 2. The number of carbonyl (C=O) groups excluding carboxylic acids is 1. The predicted octanol–water partition coefficient (Wildman–Crippen LogP) is 3.91. The van der Waals surface area contributed by atoms with E-state index < -0.39 is 0 Å². The number of nitrogens with zero attached hydrogens (tertiary/aromatic N) is 1. The maximum atomic E-state index is 12.9. The highest BCUT2D eigenvalue weighted by atomic mass is 35.5. The third-order valence-electron chi connectivity index (χ3n) is 4.82. The van der Waals surface area contributed by atoms with Gasteiger partial charge in [0.25, 0.3) is 5.91 Å². The Bertz CT molecular complexity index is 962. The van der Waals surface area contributed by atoms with Crippen molar-refractivity contribution in [3.8, 4) is 5.75 Å². The first-order chi connectivity index (χ1) is 13.7. The highest BCUT2D eigenvalue weighted by Crippen LogP contribution is 2.30. The van der Waals surface area contributed by atoms with E-state index in [-0.39, 0.29) is 24.4 Å². The largest absolute Gasteiger partial charge is 0.493 e. The Kier molecular flexibility index (Phi) is 7.25. The van der Waals surface area contributed by atoms with Crippen molar-refractivity contribution < 1.29 is 9.53 Å². The topological polar surface area (TPSA) is 77.2 Å². The van der Waals surface area contributed by atoms with Gasteiger partial charge in [-0.2, -0.15) is 0 Å². The molecule has 0 spiro atoms. The summed E-state index contributed by atoms with van der Waals surface area (Å²) >= 11 is 1.47. The molecule has 3 N–H and O–H groups in total. The van der Waals surface area contributed by atoms with Crippen molar-refractivity contribution >= 4 is 29.7 Å². The predicted molar refractivity (Wildman–Crippen MR) is 118 cm³/mol. The van der Waals surface area contributed by atoms with E-state index >= 15 is 0 Å². The van der Waals surface area contributed by atoms with E-state index in [4.69, 9.17) is 10.5 Å². The number of amides is 1. The van der Waals surface area contributed by atoms with Crippen LogP contribution < -0.4 is 15.8 Å². The fourth-order valence-electron chi connectivity index (χ4n) is 3.42. The maximum absolute atomic E-state index is 12.9. The van der Waals surface area contributed by atoms with Gasteiger partial charge in [-0.25, -0.2) is 4.98 Å². The number of rotatable bonds is 6. The van der Waals surface area contributed by atoms with Gasteiger partial charge in [0, 0.05) is 11.8 Å². The van der Waals surface area contributed by atoms with Gasteiger partial charge in [-0.3, -0.25) is 4.79 Å². The van der Waals surface area contributed by atoms with E-state index in [1.807, 2.05) is 42.5 Å². The number of nitrogens with one attached hydrogen (secondary N) is 1. The Morgan fingerprint density at radius 3 is 2.83 bits per heavy atom. The molecule has 0 saturated carbocycles. The summed E-state index contributed by atoms with van der Waals surface area (Å²) < 4.78 is 5.73. The average Bonchev–Trinajstić information content (AvgIpc) is 3.21. The Morgan fingerprint density at radius 2 is 2.03 bits per heavy atom. The SMILES string of the molecule is Cl.NCCc1nc(C(=O)NC(c2ccccc2)c2ccc3c(c2)CCCO3)cs1. The zero-order valence-corrected chi connectivity index (χ0v) is 17.6. The van der Waals surface area contributed by atoms with Crippen LogP contribution in [-0.4, -0.2) is 24.0 Å². The third kappa shape index (κ3) is 4.96. The summed E-state index contributed by atoms with van der Waals surface area (Å²) in [7, 11) is 0. The van der Waals surface area contributed by atoms with Crippen molar-refractivity contribution in [3.05, 3.63) is 81.3 Å². The molecule has 0 saturated heterocycles. The molecule has 1 amide bonds. The van der Waals surface area contributed by atoms with Crippen LogP contribution >= 0.6 is 23.7 Å². The molecule has 0 radical (unpaired) electrons. The van der Waals surface area contributed by atoms with Crippen molar-refractivity contribution in [1.82, 2.24) is 10.3 Å². The second-order valence-corrected chi connectivity index (χ2v) is 7.74. The summed E-state index contributed by atoms with van der Waals surface area (Å²) in [5.74, 6) is 0.765. The van der Waals surface area contributed by atoms with Gasteiger partial charge in [0.05, 0.1) is 17.7 Å². The van der Waals surface area contributed by atoms with Gasteiger partial charge >= 0.3 is 0 Å². The van der Waals surface area contributed by atoms with Crippen LogP contribution in [0, 0.1) is 0 Å². The lowest BCUT2D eigenvalue weighted by atomic mass is 9.94. The van der Waals surface area contributed by atoms with Gasteiger partial charge in [-0.05, 0) is 48.2 Å². The Hall–Kier alpha value is -2.41. The zero-order chi connectivity index (χ0) is 19.3. The van der Waals surface area contributed by atoms with Gasteiger partial charge in [-0.15, -0.1) is 23.7 Å². The second-order valence-electron chi connectivity index (χ2n) is 6.80. The van der Waals surface area contributed by atoms with Crippen LogP contribution in [0.15, 0.2) is 53.9 Å². The summed E-state index contributed by atoms with van der Waals surface area (Å²) in [5, 5.41) is 5.84. The van der Waals surface area contributed by atoms with Gasteiger partial charge in [0.2, 0.25) is 0 Å². The Morgan fingerprint density at radius 1 is 1.21 bits per heavy atom. The number of thiazole rings is 1. The summed E-state index contributed by atoms with van der Waals surface area (Å²) in [6.07, 6.45) is 2.69. The average molecular weight is 430 g/mol. The Balaban J connectivity index is 0.00000240. The molecule has 0 fully saturated rings. The molecule has 5 nitrogen and oxygen atoms in total. The van der Waals surface area contributed by atoms with Crippen LogP contribution in [0.2, 0.25) is 0 Å². The molecule has 2 aromatic carbocycles. The molecule has 1 aromatic heterocycles. The number of hydrogen-bond acceptors (Lipinski definition) is 5. The minimum atomic E-state index is -0.249. The molecular formula is C22H24ClN3O2S. The number of halogens is 1. The molecule has 29 heavy (non-hydrogen) atoms. The molecule has 7 heteroatoms. The minimum absolute atomic E-state index is 0. The molecular weight excluding hydrogens is 406 g/mol. The fraction of sp³-hybridized carbons (Fsp3) is 0.273. The lowest BCUT2D eigenvalue weighted by Crippen LogP contribution is -2.29. The van der Waals surface area contributed by atoms with Gasteiger partial charge in [0.15, 0.2) is 0 Å². The molecule has 1 unspecified atom stereocenters. The number of nitrogens with two attached hydrogens (primary N) is 1. The molecule has 0 bridgehead atoms. The highest BCUT2D eigenvalue weighted by molar-refractivity contribution is 7.09. The first kappa shape index (κ1) is 21.3. The molecule has 2 heterocycles. The maximum Gasteiger partial charge on any atom is 0.271 e. The molecule has 1 aliphatic rings. The molecule has 3 aromatic rings. The van der Waals surface area contributed by atoms with Crippen LogP contribution in [0.25, 0.3) is 0 Å². The van der Waals surface area contributed by atoms with E-state index in [2.05, 4.69) is 16.4 Å². The quantitative estimate of drug-likeness (QED) is 0.622. The van der Waals surface area contributed by atoms with Crippen LogP contribution in [0.1, 0.15) is 44.6 Å². The van der Waals surface area contributed by atoms with Crippen LogP contribution in [0.5, 0.6) is 5.75 Å². The van der Waals surface area contributed by atoms with Crippen molar-refractivity contribution in [2.24, 2.45) is 5.73 Å². The monoisotopic (exact) mass is 429 g/mol. The lowest BCUT2D eigenvalue weighted by Gasteiger charge is -2.23. The van der Waals surface area contributed by atoms with E-state index in [1.165, 1.54) is 16.9 Å². The standard InChI is InChI=1S/C22H23N3O2S.ClH/c23-11-10-20-24-18(14-28-20)22(26)25-21(15-5-2-1-3-6-15)17-8-9-19-16(13-17)7-4-12-27-19;/h1-3,5-6,8-9,13-14,21H,4,7,10-12,23H2,(H,25,26);1H. The highest BCUT2D eigenvalue weighted by Gasteiger charge is 2.21. The van der Waals surface area contributed by atoms with Gasteiger partial charge < -0.3 is 15.8 Å². The number of ether oxygens (including phenoxy) is 1. The van der Waals surface area contributed by atoms with Crippen molar-refractivity contribution in [2.45, 2.75) is 25.3 Å². The van der Waals surface area contributed by atoms with Crippen LogP contribution in [0.3, 0.4) is 0 Å². The second kappa shape index (κ2) is 9.87. The van der Waals surface area contributed by atoms with E-state index in [1.54, 1.807) is 5.38 Å². The number of carbonyl (C=O) groups is 1. The van der Waals surface area contributed by atoms with Gasteiger partial charge in [0.1, 0.15) is 11.4 Å². The van der Waals surface area contributed by atoms with Gasteiger partial charge in [-0.1, -0.05) is 36.4 Å². The van der Waals surface area contributed by atoms with Crippen LogP contribution in [0.4, 0.5) is 0 Å². The van der Waals surface area contributed by atoms with Crippen molar-refractivity contribution in [2.75, 3.05) is 13.2 Å². The van der Waals surface area contributed by atoms with E-state index in [0.29, 0.717) is 18.7 Å². The number of aromatic nitrogens is 1. The molecule has 0 aliphatic carbocycles. The molecule has 4 rings (SSSR count). The van der Waals surface area contributed by atoms with E-state index in [9.17, 15) is 4.79 Å². The summed E-state index contributed by atoms with van der Waals surface area (Å²) in [5.41, 5.74) is 9.30. The normalized spacial score (nSPS) is 13.6. The number of hydrogen-bond donors (Lipinski definition) is 2. The summed E-state index contributed by atoms with van der Waals surface area (Å²) in [4.78, 5) is 17.3. The fourth-order valence-corrected chi connectivity index (χ4v) is 4.22. The minimum Gasteiger partial charge on any atom is -0.493 e. The van der Waals surface area contributed by atoms with Crippen LogP contribution in [-0.2, 0) is 12.8 Å². The summed E-state index contributed by atoms with van der Waals surface area (Å²) in [6, 6.07) is 15.9.